The number of anilines is 1. The summed E-state index contributed by atoms with van der Waals surface area (Å²) in [5, 5.41) is 3.69. The number of carbonyl (C=O) groups is 1. The van der Waals surface area contributed by atoms with Crippen LogP contribution in [0.5, 0.6) is 0 Å². The Kier molecular flexibility index (Phi) is 4.95. The highest BCUT2D eigenvalue weighted by Crippen LogP contribution is 2.40. The fourth-order valence-electron chi connectivity index (χ4n) is 5.15. The molecular formula is C26H32N2O2. The molecule has 0 spiro atoms. The molecule has 1 amide bonds. The number of hydrogen-bond acceptors (Lipinski definition) is 3. The first-order valence-corrected chi connectivity index (χ1v) is 11.3. The van der Waals surface area contributed by atoms with Gasteiger partial charge in [-0.05, 0) is 92.3 Å². The summed E-state index contributed by atoms with van der Waals surface area (Å²) in [6.07, 6.45) is 6.32. The third-order valence-corrected chi connectivity index (χ3v) is 7.58. The fraction of sp³-hybridized carbons (Fsp3) is 0.500. The van der Waals surface area contributed by atoms with E-state index >= 15 is 0 Å². The molecule has 1 N–H and O–H groups in total. The molecule has 4 nitrogen and oxygen atoms in total. The second-order valence-electron chi connectivity index (χ2n) is 9.72. The van der Waals surface area contributed by atoms with Crippen molar-refractivity contribution in [3.8, 4) is 0 Å². The van der Waals surface area contributed by atoms with Gasteiger partial charge in [-0.25, -0.2) is 0 Å². The minimum atomic E-state index is 0.130. The molecule has 5 rings (SSSR count). The number of nitrogens with one attached hydrogen (secondary N) is 1. The zero-order valence-corrected chi connectivity index (χ0v) is 18.3. The summed E-state index contributed by atoms with van der Waals surface area (Å²) in [6, 6.07) is 12.9. The number of ether oxygens (including phenoxy) is 1. The smallest absolute Gasteiger partial charge is 0.258 e. The van der Waals surface area contributed by atoms with Crippen LogP contribution in [0.3, 0.4) is 0 Å². The molecule has 2 aromatic carbocycles. The van der Waals surface area contributed by atoms with Crippen molar-refractivity contribution in [1.82, 2.24) is 5.32 Å². The van der Waals surface area contributed by atoms with Crippen molar-refractivity contribution >= 4 is 11.6 Å². The summed E-state index contributed by atoms with van der Waals surface area (Å²) in [4.78, 5) is 15.3. The average Bonchev–Trinajstić information content (AvgIpc) is 3.02. The molecule has 2 saturated carbocycles. The summed E-state index contributed by atoms with van der Waals surface area (Å²) >= 11 is 0. The Morgan fingerprint density at radius 2 is 2.00 bits per heavy atom. The van der Waals surface area contributed by atoms with Crippen molar-refractivity contribution < 1.29 is 9.53 Å². The van der Waals surface area contributed by atoms with Crippen LogP contribution in [0.15, 0.2) is 36.4 Å². The Labute approximate surface area is 179 Å². The van der Waals surface area contributed by atoms with Gasteiger partial charge in [-0.3, -0.25) is 4.79 Å². The van der Waals surface area contributed by atoms with Gasteiger partial charge < -0.3 is 15.0 Å². The molecule has 0 bridgehead atoms. The quantitative estimate of drug-likeness (QED) is 0.730. The molecule has 158 valence electrons. The largest absolute Gasteiger partial charge is 0.381 e. The van der Waals surface area contributed by atoms with E-state index in [1.54, 1.807) is 7.11 Å². The highest BCUT2D eigenvalue weighted by molar-refractivity contribution is 6.10. The van der Waals surface area contributed by atoms with Crippen LogP contribution in [-0.2, 0) is 17.8 Å². The van der Waals surface area contributed by atoms with Crippen LogP contribution in [0, 0.1) is 6.92 Å². The van der Waals surface area contributed by atoms with Gasteiger partial charge >= 0.3 is 0 Å². The van der Waals surface area contributed by atoms with Gasteiger partial charge in [0, 0.05) is 30.4 Å². The summed E-state index contributed by atoms with van der Waals surface area (Å²) < 4.78 is 5.43. The second-order valence-corrected chi connectivity index (χ2v) is 9.72. The Hall–Kier alpha value is -2.17. The van der Waals surface area contributed by atoms with E-state index in [9.17, 15) is 4.79 Å². The average molecular weight is 405 g/mol. The van der Waals surface area contributed by atoms with Crippen LogP contribution in [0.25, 0.3) is 0 Å². The maximum absolute atomic E-state index is 13.3. The molecule has 2 aromatic rings. The van der Waals surface area contributed by atoms with E-state index < -0.39 is 0 Å². The summed E-state index contributed by atoms with van der Waals surface area (Å²) in [6.45, 7) is 5.93. The van der Waals surface area contributed by atoms with Crippen LogP contribution < -0.4 is 10.2 Å². The lowest BCUT2D eigenvalue weighted by atomic mass is 9.77. The Morgan fingerprint density at radius 3 is 2.70 bits per heavy atom. The molecule has 0 radical (unpaired) electrons. The van der Waals surface area contributed by atoms with Crippen LogP contribution in [0.4, 0.5) is 5.69 Å². The standard InChI is InChI=1S/C26H32N2O2/c1-17-10-18(15-27-26(2)8-5-9-26)11-23-24(17)16-28(25(23)29)21-7-4-6-19(12-21)20-13-22(14-20)30-3/h4,6-7,10-12,20,22,27H,5,8-9,13-16H2,1-3H3. The second kappa shape index (κ2) is 7.51. The van der Waals surface area contributed by atoms with E-state index in [0.29, 0.717) is 18.6 Å². The Balaban J connectivity index is 1.34. The molecular weight excluding hydrogens is 372 g/mol. The molecule has 2 fully saturated rings. The van der Waals surface area contributed by atoms with Crippen LogP contribution in [0.1, 0.15) is 77.6 Å². The third kappa shape index (κ3) is 3.46. The minimum absolute atomic E-state index is 0.130. The van der Waals surface area contributed by atoms with E-state index in [2.05, 4.69) is 55.6 Å². The van der Waals surface area contributed by atoms with Gasteiger partial charge in [0.25, 0.3) is 5.91 Å². The molecule has 0 unspecified atom stereocenters. The number of nitrogens with zero attached hydrogens (tertiary/aromatic N) is 1. The first-order valence-electron chi connectivity index (χ1n) is 11.3. The van der Waals surface area contributed by atoms with Gasteiger partial charge in [0.2, 0.25) is 0 Å². The van der Waals surface area contributed by atoms with Gasteiger partial charge in [0.15, 0.2) is 0 Å². The monoisotopic (exact) mass is 404 g/mol. The maximum Gasteiger partial charge on any atom is 0.258 e. The highest BCUT2D eigenvalue weighted by Gasteiger charge is 2.34. The van der Waals surface area contributed by atoms with E-state index in [1.807, 2.05) is 4.90 Å². The molecule has 1 aliphatic heterocycles. The molecule has 0 saturated heterocycles. The number of amides is 1. The lowest BCUT2D eigenvalue weighted by molar-refractivity contribution is 0.0258. The molecule has 0 atom stereocenters. The molecule has 3 aliphatic rings. The summed E-state index contributed by atoms with van der Waals surface area (Å²) in [5.74, 6) is 0.674. The zero-order chi connectivity index (χ0) is 20.9. The molecule has 30 heavy (non-hydrogen) atoms. The fourth-order valence-corrected chi connectivity index (χ4v) is 5.15. The van der Waals surface area contributed by atoms with Crippen molar-refractivity contribution in [2.45, 2.75) is 76.6 Å². The number of hydrogen-bond donors (Lipinski definition) is 1. The first kappa shape index (κ1) is 19.8. The Bertz CT molecular complexity index is 973. The van der Waals surface area contributed by atoms with E-state index in [0.717, 1.165) is 30.6 Å². The van der Waals surface area contributed by atoms with Gasteiger partial charge in [-0.2, -0.15) is 0 Å². The van der Waals surface area contributed by atoms with E-state index in [1.165, 1.54) is 41.5 Å². The minimum Gasteiger partial charge on any atom is -0.381 e. The van der Waals surface area contributed by atoms with Crippen molar-refractivity contribution in [2.24, 2.45) is 0 Å². The van der Waals surface area contributed by atoms with E-state index in [-0.39, 0.29) is 11.4 Å². The number of fused-ring (bicyclic) bond motifs is 1. The number of rotatable bonds is 6. The lowest BCUT2D eigenvalue weighted by Gasteiger charge is -2.39. The Morgan fingerprint density at radius 1 is 1.20 bits per heavy atom. The topological polar surface area (TPSA) is 41.6 Å². The van der Waals surface area contributed by atoms with Crippen molar-refractivity contribution in [3.63, 3.8) is 0 Å². The van der Waals surface area contributed by atoms with Gasteiger partial charge in [0.05, 0.1) is 12.6 Å². The van der Waals surface area contributed by atoms with Crippen molar-refractivity contribution in [1.29, 1.82) is 0 Å². The zero-order valence-electron chi connectivity index (χ0n) is 18.3. The van der Waals surface area contributed by atoms with E-state index in [4.69, 9.17) is 4.74 Å². The number of aryl methyl sites for hydroxylation is 1. The highest BCUT2D eigenvalue weighted by atomic mass is 16.5. The predicted octanol–water partition coefficient (Wildman–Crippen LogP) is 5.08. The van der Waals surface area contributed by atoms with Gasteiger partial charge in [-0.15, -0.1) is 0 Å². The number of methoxy groups -OCH3 is 1. The molecule has 0 aromatic heterocycles. The summed E-state index contributed by atoms with van der Waals surface area (Å²) in [7, 11) is 1.79. The van der Waals surface area contributed by atoms with Gasteiger partial charge in [-0.1, -0.05) is 18.2 Å². The van der Waals surface area contributed by atoms with Crippen molar-refractivity contribution in [2.75, 3.05) is 12.0 Å². The third-order valence-electron chi connectivity index (χ3n) is 7.58. The lowest BCUT2D eigenvalue weighted by Crippen LogP contribution is -2.47. The number of carbonyl (C=O) groups excluding carboxylic acids is 1. The van der Waals surface area contributed by atoms with Crippen LogP contribution in [0.2, 0.25) is 0 Å². The van der Waals surface area contributed by atoms with Gasteiger partial charge in [0.1, 0.15) is 0 Å². The number of benzene rings is 2. The SMILES string of the molecule is COC1CC(c2cccc(N3Cc4c(C)cc(CNC5(C)CCC5)cc4C3=O)c2)C1. The molecule has 2 aliphatic carbocycles. The molecule has 4 heteroatoms. The predicted molar refractivity (Wildman–Crippen MR) is 120 cm³/mol. The molecule has 1 heterocycles. The normalized spacial score (nSPS) is 24.4. The maximum atomic E-state index is 13.3. The first-order chi connectivity index (χ1) is 14.5. The van der Waals surface area contributed by atoms with Crippen molar-refractivity contribution in [3.05, 3.63) is 64.2 Å². The van der Waals surface area contributed by atoms with Crippen LogP contribution in [-0.4, -0.2) is 24.7 Å². The van der Waals surface area contributed by atoms with Crippen LogP contribution >= 0.6 is 0 Å². The summed E-state index contributed by atoms with van der Waals surface area (Å²) in [5.41, 5.74) is 7.08.